The highest BCUT2D eigenvalue weighted by Gasteiger charge is 2.29. The van der Waals surface area contributed by atoms with Gasteiger partial charge in [0.05, 0.1) is 12.6 Å². The number of thiazole rings is 1. The van der Waals surface area contributed by atoms with Crippen LogP contribution in [0.15, 0.2) is 9.72 Å². The average Bonchev–Trinajstić information content (AvgIpc) is 2.88. The molecule has 0 spiro atoms. The third-order valence-electron chi connectivity index (χ3n) is 2.64. The number of thioether (sulfide) groups is 1. The number of hydrogen-bond acceptors (Lipinski definition) is 7. The number of sulfonamides is 1. The van der Waals surface area contributed by atoms with Crippen LogP contribution in [-0.4, -0.2) is 44.0 Å². The maximum Gasteiger partial charge on any atom is 0.358 e. The van der Waals surface area contributed by atoms with Crippen LogP contribution in [0.4, 0.5) is 0 Å². The van der Waals surface area contributed by atoms with Crippen LogP contribution in [0.2, 0.25) is 0 Å². The van der Waals surface area contributed by atoms with Gasteiger partial charge in [-0.05, 0) is 18.6 Å². The summed E-state index contributed by atoms with van der Waals surface area (Å²) in [6, 6.07) is -0.0867. The Labute approximate surface area is 120 Å². The van der Waals surface area contributed by atoms with Crippen LogP contribution < -0.4 is 4.72 Å². The van der Waals surface area contributed by atoms with Crippen molar-refractivity contribution in [2.45, 2.75) is 23.1 Å². The number of methoxy groups -OCH3 is 1. The van der Waals surface area contributed by atoms with Crippen molar-refractivity contribution in [1.29, 1.82) is 0 Å². The van der Waals surface area contributed by atoms with E-state index in [2.05, 4.69) is 14.4 Å². The second-order valence-electron chi connectivity index (χ2n) is 4.02. The van der Waals surface area contributed by atoms with E-state index >= 15 is 0 Å². The normalized spacial score (nSPS) is 20.2. The fraction of sp³-hybridized carbons (Fsp3) is 0.600. The Bertz CT molecular complexity index is 549. The van der Waals surface area contributed by atoms with E-state index in [1.807, 2.05) is 0 Å². The number of aromatic nitrogens is 1. The van der Waals surface area contributed by atoms with Crippen molar-refractivity contribution in [2.24, 2.45) is 0 Å². The highest BCUT2D eigenvalue weighted by molar-refractivity contribution is 7.99. The minimum Gasteiger partial charge on any atom is -0.464 e. The third-order valence-corrected chi connectivity index (χ3v) is 6.75. The smallest absolute Gasteiger partial charge is 0.358 e. The molecule has 1 saturated heterocycles. The van der Waals surface area contributed by atoms with Gasteiger partial charge < -0.3 is 4.74 Å². The summed E-state index contributed by atoms with van der Waals surface area (Å²) >= 11 is 2.64. The van der Waals surface area contributed by atoms with Gasteiger partial charge in [-0.3, -0.25) is 0 Å². The van der Waals surface area contributed by atoms with Gasteiger partial charge in [0, 0.05) is 11.8 Å². The van der Waals surface area contributed by atoms with Gasteiger partial charge in [0.25, 0.3) is 10.0 Å². The second-order valence-corrected chi connectivity index (χ2v) is 7.93. The van der Waals surface area contributed by atoms with Gasteiger partial charge in [-0.15, -0.1) is 11.3 Å². The molecule has 1 aliphatic heterocycles. The minimum absolute atomic E-state index is 0.0741. The maximum atomic E-state index is 12.2. The molecule has 19 heavy (non-hydrogen) atoms. The van der Waals surface area contributed by atoms with Gasteiger partial charge in [-0.1, -0.05) is 0 Å². The summed E-state index contributed by atoms with van der Waals surface area (Å²) in [5.41, 5.74) is 1.18. The molecule has 2 rings (SSSR count). The van der Waals surface area contributed by atoms with Gasteiger partial charge in [0.2, 0.25) is 0 Å². The Morgan fingerprint density at radius 3 is 3.00 bits per heavy atom. The molecule has 1 aromatic rings. The minimum atomic E-state index is -3.71. The Balaban J connectivity index is 2.19. The molecule has 0 aromatic carbocycles. The highest BCUT2D eigenvalue weighted by Crippen LogP contribution is 2.23. The summed E-state index contributed by atoms with van der Waals surface area (Å²) in [6.07, 6.45) is 1.81. The number of carbonyl (C=O) groups excluding carboxylic acids is 1. The summed E-state index contributed by atoms with van der Waals surface area (Å²) in [6.45, 7) is 0. The quantitative estimate of drug-likeness (QED) is 0.836. The first-order valence-corrected chi connectivity index (χ1v) is 9.18. The summed E-state index contributed by atoms with van der Waals surface area (Å²) < 4.78 is 31.6. The molecule has 1 unspecified atom stereocenters. The molecule has 1 atom stereocenters. The Hall–Kier alpha value is -0.640. The van der Waals surface area contributed by atoms with Crippen molar-refractivity contribution in [1.82, 2.24) is 9.71 Å². The molecule has 1 N–H and O–H groups in total. The topological polar surface area (TPSA) is 85.4 Å². The van der Waals surface area contributed by atoms with Crippen LogP contribution in [-0.2, 0) is 14.8 Å². The van der Waals surface area contributed by atoms with E-state index in [9.17, 15) is 13.2 Å². The van der Waals surface area contributed by atoms with Crippen molar-refractivity contribution >= 4 is 39.1 Å². The predicted molar refractivity (Wildman–Crippen MR) is 74.1 cm³/mol. The second kappa shape index (κ2) is 6.21. The van der Waals surface area contributed by atoms with Crippen molar-refractivity contribution in [3.8, 4) is 0 Å². The summed E-state index contributed by atoms with van der Waals surface area (Å²) in [7, 11) is -2.51. The molecule has 0 aliphatic carbocycles. The van der Waals surface area contributed by atoms with Gasteiger partial charge in [0.1, 0.15) is 0 Å². The number of esters is 1. The Morgan fingerprint density at radius 1 is 1.58 bits per heavy atom. The van der Waals surface area contributed by atoms with E-state index in [0.717, 1.165) is 35.7 Å². The monoisotopic (exact) mass is 322 g/mol. The predicted octanol–water partition coefficient (Wildman–Crippen LogP) is 1.10. The number of hydrogen-bond donors (Lipinski definition) is 1. The fourth-order valence-electron chi connectivity index (χ4n) is 1.77. The van der Waals surface area contributed by atoms with E-state index in [1.54, 1.807) is 11.8 Å². The van der Waals surface area contributed by atoms with Crippen LogP contribution >= 0.6 is 23.1 Å². The van der Waals surface area contributed by atoms with Gasteiger partial charge in [0.15, 0.2) is 9.90 Å². The number of ether oxygens (including phenoxy) is 1. The van der Waals surface area contributed by atoms with Crippen molar-refractivity contribution in [3.05, 3.63) is 11.2 Å². The van der Waals surface area contributed by atoms with Crippen molar-refractivity contribution in [3.63, 3.8) is 0 Å². The fourth-order valence-corrected chi connectivity index (χ4v) is 5.36. The maximum absolute atomic E-state index is 12.2. The molecule has 0 amide bonds. The lowest BCUT2D eigenvalue weighted by atomic mass is 10.2. The zero-order valence-corrected chi connectivity index (χ0v) is 12.7. The first kappa shape index (κ1) is 14.8. The number of nitrogens with zero attached hydrogens (tertiary/aromatic N) is 1. The lowest BCUT2D eigenvalue weighted by Gasteiger charge is -2.21. The molecule has 106 valence electrons. The summed E-state index contributed by atoms with van der Waals surface area (Å²) in [4.78, 5) is 15.2. The lowest BCUT2D eigenvalue weighted by Crippen LogP contribution is -2.38. The van der Waals surface area contributed by atoms with Gasteiger partial charge >= 0.3 is 5.97 Å². The third kappa shape index (κ3) is 3.47. The Morgan fingerprint density at radius 2 is 2.37 bits per heavy atom. The lowest BCUT2D eigenvalue weighted by molar-refractivity contribution is 0.0590. The van der Waals surface area contributed by atoms with Gasteiger partial charge in [-0.2, -0.15) is 11.8 Å². The first-order chi connectivity index (χ1) is 9.04. The molecule has 0 radical (unpaired) electrons. The van der Waals surface area contributed by atoms with Gasteiger partial charge in [-0.25, -0.2) is 22.9 Å². The zero-order chi connectivity index (χ0) is 13.9. The molecule has 1 aliphatic rings. The molecular weight excluding hydrogens is 308 g/mol. The molecule has 0 saturated carbocycles. The van der Waals surface area contributed by atoms with Crippen LogP contribution in [0.25, 0.3) is 0 Å². The number of nitrogens with one attached hydrogen (secondary N) is 1. The highest BCUT2D eigenvalue weighted by atomic mass is 32.2. The SMILES string of the molecule is COC(=O)c1ncsc1S(=O)(=O)NC1CCCSC1. The van der Waals surface area contributed by atoms with E-state index in [-0.39, 0.29) is 15.9 Å². The average molecular weight is 322 g/mol. The molecule has 1 fully saturated rings. The number of carbonyl (C=O) groups is 1. The van der Waals surface area contributed by atoms with Crippen LogP contribution in [0.3, 0.4) is 0 Å². The standard InChI is InChI=1S/C10H14N2O4S3/c1-16-9(13)8-10(18-6-11-8)19(14,15)12-7-3-2-4-17-5-7/h6-7,12H,2-5H2,1H3. The number of rotatable bonds is 4. The van der Waals surface area contributed by atoms with Crippen molar-refractivity contribution in [2.75, 3.05) is 18.6 Å². The van der Waals surface area contributed by atoms with Crippen LogP contribution in [0, 0.1) is 0 Å². The Kier molecular flexibility index (Phi) is 4.82. The molecule has 1 aromatic heterocycles. The summed E-state index contributed by atoms with van der Waals surface area (Å²) in [5, 5.41) is 0. The van der Waals surface area contributed by atoms with Crippen molar-refractivity contribution < 1.29 is 17.9 Å². The molecular formula is C10H14N2O4S3. The summed E-state index contributed by atoms with van der Waals surface area (Å²) in [5.74, 6) is 1.08. The first-order valence-electron chi connectivity index (χ1n) is 5.66. The van der Waals surface area contributed by atoms with E-state index in [1.165, 1.54) is 12.6 Å². The largest absolute Gasteiger partial charge is 0.464 e. The van der Waals surface area contributed by atoms with E-state index in [4.69, 9.17) is 0 Å². The molecule has 6 nitrogen and oxygen atoms in total. The molecule has 0 bridgehead atoms. The van der Waals surface area contributed by atoms with Crippen LogP contribution in [0.5, 0.6) is 0 Å². The van der Waals surface area contributed by atoms with E-state index < -0.39 is 16.0 Å². The zero-order valence-electron chi connectivity index (χ0n) is 10.3. The molecule has 2 heterocycles. The van der Waals surface area contributed by atoms with Crippen LogP contribution in [0.1, 0.15) is 23.3 Å². The van der Waals surface area contributed by atoms with E-state index in [0.29, 0.717) is 0 Å². The molecule has 9 heteroatoms.